The summed E-state index contributed by atoms with van der Waals surface area (Å²) >= 11 is 0. The number of nitrogens with one attached hydrogen (secondary N) is 3. The Bertz CT molecular complexity index is 882. The Balaban J connectivity index is 2.16. The zero-order valence-corrected chi connectivity index (χ0v) is 11.8. The third-order valence-electron chi connectivity index (χ3n) is 3.04. The van der Waals surface area contributed by atoms with Gasteiger partial charge in [0.15, 0.2) is 5.65 Å². The van der Waals surface area contributed by atoms with Crippen LogP contribution in [0.15, 0.2) is 34.2 Å². The highest BCUT2D eigenvalue weighted by Gasteiger charge is 2.15. The van der Waals surface area contributed by atoms with Crippen molar-refractivity contribution in [1.29, 1.82) is 0 Å². The van der Waals surface area contributed by atoms with Gasteiger partial charge in [0.2, 0.25) is 0 Å². The minimum atomic E-state index is -0.583. The molecule has 0 aliphatic carbocycles. The van der Waals surface area contributed by atoms with Gasteiger partial charge in [0.25, 0.3) is 5.56 Å². The topological polar surface area (TPSA) is 117 Å². The number of rotatable bonds is 5. The average molecular weight is 302 g/mol. The van der Waals surface area contributed by atoms with Crippen molar-refractivity contribution in [3.63, 3.8) is 0 Å². The molecule has 0 fully saturated rings. The quantitative estimate of drug-likeness (QED) is 0.563. The van der Waals surface area contributed by atoms with Crippen LogP contribution in [-0.2, 0) is 4.74 Å². The van der Waals surface area contributed by atoms with Crippen molar-refractivity contribution >= 4 is 11.5 Å². The van der Waals surface area contributed by atoms with Gasteiger partial charge in [-0.2, -0.15) is 0 Å². The van der Waals surface area contributed by atoms with E-state index in [0.717, 1.165) is 0 Å². The normalized spacial score (nSPS) is 11.0. The van der Waals surface area contributed by atoms with E-state index in [1.165, 1.54) is 6.07 Å². The minimum Gasteiger partial charge on any atom is -0.383 e. The molecule has 3 aromatic rings. The smallest absolute Gasteiger partial charge is 0.326 e. The number of nitrogens with zero attached hydrogens (tertiary/aromatic N) is 3. The second-order valence-corrected chi connectivity index (χ2v) is 4.53. The first-order chi connectivity index (χ1) is 10.7. The minimum absolute atomic E-state index is 0.331. The van der Waals surface area contributed by atoms with Gasteiger partial charge < -0.3 is 15.0 Å². The summed E-state index contributed by atoms with van der Waals surface area (Å²) in [5, 5.41) is 3.19. The molecule has 0 aliphatic heterocycles. The molecular formula is C13H14N6O3. The summed E-state index contributed by atoms with van der Waals surface area (Å²) in [6.45, 7) is 1.05. The lowest BCUT2D eigenvalue weighted by atomic mass is 10.3. The van der Waals surface area contributed by atoms with Crippen LogP contribution in [0.2, 0.25) is 0 Å². The van der Waals surface area contributed by atoms with Gasteiger partial charge in [0.1, 0.15) is 11.5 Å². The van der Waals surface area contributed by atoms with Crippen LogP contribution in [0.4, 0.5) is 5.82 Å². The molecule has 0 amide bonds. The van der Waals surface area contributed by atoms with Crippen LogP contribution in [0.3, 0.4) is 0 Å². The van der Waals surface area contributed by atoms with E-state index < -0.39 is 11.2 Å². The fourth-order valence-corrected chi connectivity index (χ4v) is 2.13. The average Bonchev–Trinajstić information content (AvgIpc) is 2.86. The standard InChI is InChI=1S/C13H14N6O3/c1-22-5-3-15-12-11(8-6-10(20)18-13(21)16-8)17-9-7-14-2-4-19(9)12/h2,4,6-7,15H,3,5H2,1H3,(H2,16,18,20,21). The Morgan fingerprint density at radius 1 is 1.36 bits per heavy atom. The molecule has 3 N–H and O–H groups in total. The summed E-state index contributed by atoms with van der Waals surface area (Å²) in [6.07, 6.45) is 4.96. The molecule has 3 rings (SSSR count). The number of hydrogen-bond acceptors (Lipinski definition) is 6. The highest BCUT2D eigenvalue weighted by atomic mass is 16.5. The van der Waals surface area contributed by atoms with E-state index in [-0.39, 0.29) is 0 Å². The molecule has 9 nitrogen and oxygen atoms in total. The number of fused-ring (bicyclic) bond motifs is 1. The first-order valence-electron chi connectivity index (χ1n) is 6.58. The Labute approximate surface area is 124 Å². The summed E-state index contributed by atoms with van der Waals surface area (Å²) in [6, 6.07) is 1.29. The zero-order chi connectivity index (χ0) is 15.5. The Morgan fingerprint density at radius 3 is 3.00 bits per heavy atom. The number of imidazole rings is 1. The van der Waals surface area contributed by atoms with E-state index in [2.05, 4.69) is 25.3 Å². The summed E-state index contributed by atoms with van der Waals surface area (Å²) in [5.41, 5.74) is 0.320. The molecule has 3 aromatic heterocycles. The van der Waals surface area contributed by atoms with Crippen molar-refractivity contribution in [3.05, 3.63) is 45.5 Å². The maximum atomic E-state index is 11.5. The Hall–Kier alpha value is -2.94. The van der Waals surface area contributed by atoms with Crippen LogP contribution in [-0.4, -0.2) is 44.6 Å². The van der Waals surface area contributed by atoms with Gasteiger partial charge in [-0.05, 0) is 0 Å². The molecular weight excluding hydrogens is 288 g/mol. The number of hydrogen-bond donors (Lipinski definition) is 3. The van der Waals surface area contributed by atoms with Crippen LogP contribution in [0, 0.1) is 0 Å². The molecule has 22 heavy (non-hydrogen) atoms. The van der Waals surface area contributed by atoms with Crippen molar-refractivity contribution in [1.82, 2.24) is 24.3 Å². The maximum absolute atomic E-state index is 11.5. The molecule has 0 saturated carbocycles. The molecule has 0 aliphatic rings. The lowest BCUT2D eigenvalue weighted by molar-refractivity contribution is 0.210. The molecule has 0 bridgehead atoms. The van der Waals surface area contributed by atoms with Gasteiger partial charge in [0.05, 0.1) is 18.5 Å². The van der Waals surface area contributed by atoms with E-state index in [4.69, 9.17) is 4.74 Å². The molecule has 114 valence electrons. The second kappa shape index (κ2) is 5.82. The molecule has 0 spiro atoms. The molecule has 9 heteroatoms. The van der Waals surface area contributed by atoms with Crippen molar-refractivity contribution in [2.45, 2.75) is 0 Å². The summed E-state index contributed by atoms with van der Waals surface area (Å²) in [5.74, 6) is 0.649. The third-order valence-corrected chi connectivity index (χ3v) is 3.04. The van der Waals surface area contributed by atoms with Gasteiger partial charge in [-0.25, -0.2) is 9.78 Å². The van der Waals surface area contributed by atoms with Crippen LogP contribution in [0.1, 0.15) is 0 Å². The van der Waals surface area contributed by atoms with Gasteiger partial charge in [0, 0.05) is 32.1 Å². The first kappa shape index (κ1) is 14.0. The maximum Gasteiger partial charge on any atom is 0.326 e. The third kappa shape index (κ3) is 2.61. The Kier molecular flexibility index (Phi) is 3.71. The number of anilines is 1. The van der Waals surface area contributed by atoms with Crippen molar-refractivity contribution in [2.75, 3.05) is 25.6 Å². The Morgan fingerprint density at radius 2 is 2.23 bits per heavy atom. The second-order valence-electron chi connectivity index (χ2n) is 4.53. The molecule has 0 radical (unpaired) electrons. The fraction of sp³-hybridized carbons (Fsp3) is 0.231. The number of H-pyrrole nitrogens is 2. The highest BCUT2D eigenvalue weighted by molar-refractivity contribution is 5.73. The predicted molar refractivity (Wildman–Crippen MR) is 80.0 cm³/mol. The van der Waals surface area contributed by atoms with E-state index >= 15 is 0 Å². The summed E-state index contributed by atoms with van der Waals surface area (Å²) in [7, 11) is 1.61. The number of aromatic nitrogens is 5. The SMILES string of the molecule is COCCNc1c(-c2cc(=O)[nH]c(=O)[nH]2)nc2cnccn12. The lowest BCUT2D eigenvalue weighted by Crippen LogP contribution is -2.22. The largest absolute Gasteiger partial charge is 0.383 e. The molecule has 3 heterocycles. The summed E-state index contributed by atoms with van der Waals surface area (Å²) in [4.78, 5) is 36.1. The van der Waals surface area contributed by atoms with Crippen molar-refractivity contribution in [2.24, 2.45) is 0 Å². The van der Waals surface area contributed by atoms with E-state index in [1.807, 2.05) is 0 Å². The van der Waals surface area contributed by atoms with E-state index in [1.54, 1.807) is 30.1 Å². The van der Waals surface area contributed by atoms with Crippen LogP contribution in [0.25, 0.3) is 17.0 Å². The monoisotopic (exact) mass is 302 g/mol. The molecule has 0 unspecified atom stereocenters. The highest BCUT2D eigenvalue weighted by Crippen LogP contribution is 2.25. The predicted octanol–water partition coefficient (Wildman–Crippen LogP) is -0.169. The zero-order valence-electron chi connectivity index (χ0n) is 11.8. The number of ether oxygens (including phenoxy) is 1. The van der Waals surface area contributed by atoms with Crippen molar-refractivity contribution < 1.29 is 4.74 Å². The van der Waals surface area contributed by atoms with Gasteiger partial charge >= 0.3 is 5.69 Å². The van der Waals surface area contributed by atoms with Crippen molar-refractivity contribution in [3.8, 4) is 11.4 Å². The van der Waals surface area contributed by atoms with Crippen LogP contribution in [0.5, 0.6) is 0 Å². The molecule has 0 saturated heterocycles. The van der Waals surface area contributed by atoms with E-state index in [9.17, 15) is 9.59 Å². The fourth-order valence-electron chi connectivity index (χ4n) is 2.13. The first-order valence-corrected chi connectivity index (χ1v) is 6.58. The van der Waals surface area contributed by atoms with Crippen LogP contribution < -0.4 is 16.6 Å². The number of methoxy groups -OCH3 is 1. The van der Waals surface area contributed by atoms with Crippen LogP contribution >= 0.6 is 0 Å². The van der Waals surface area contributed by atoms with Gasteiger partial charge in [-0.1, -0.05) is 0 Å². The molecule has 0 aromatic carbocycles. The van der Waals surface area contributed by atoms with Gasteiger partial charge in [-0.3, -0.25) is 19.2 Å². The van der Waals surface area contributed by atoms with E-state index in [0.29, 0.717) is 36.0 Å². The molecule has 0 atom stereocenters. The number of aromatic amines is 2. The van der Waals surface area contributed by atoms with Gasteiger partial charge in [-0.15, -0.1) is 0 Å². The summed E-state index contributed by atoms with van der Waals surface area (Å²) < 4.78 is 6.81. The lowest BCUT2D eigenvalue weighted by Gasteiger charge is -2.07.